The number of nitrogens with one attached hydrogen (secondary N) is 3. The molecule has 7 N–H and O–H groups in total. The van der Waals surface area contributed by atoms with Crippen molar-refractivity contribution < 1.29 is 15.1 Å². The van der Waals surface area contributed by atoms with Gasteiger partial charge in [-0.05, 0) is 123 Å². The number of fused-ring (bicyclic) bond motifs is 3. The molecule has 3 aromatic rings. The van der Waals surface area contributed by atoms with E-state index in [1.54, 1.807) is 0 Å². The van der Waals surface area contributed by atoms with Gasteiger partial charge in [-0.15, -0.1) is 0 Å². The summed E-state index contributed by atoms with van der Waals surface area (Å²) in [5, 5.41) is 39.6. The van der Waals surface area contributed by atoms with E-state index >= 15 is 0 Å². The van der Waals surface area contributed by atoms with Gasteiger partial charge in [0.2, 0.25) is 5.13 Å². The number of nitrogens with two attached hydrogens (primary N) is 1. The molecule has 3 atom stereocenters. The standard InChI is InChI=1S/C45H63N9O2S/c1-9-43(6)25-44(19-13-20-52(7)8)23-42(4,5)24-45(26-43,27-44)28-54-30(3)33(22-48-54)32-17-18-36(50-37(32)40(55)56)53-21-12-14-31(39(53)47)29(2)38(46)51-41-49-34-15-10-11-16-35(34)57-41/h10-11,15-18,22,47,50,55-56H,9,12-14,19-21,23-28H2,1-8H3,(H2,46,49,51)/p+1/b31-29-,47-39?. The Hall–Kier alpha value is -4.42. The van der Waals surface area contributed by atoms with Crippen LogP contribution >= 0.6 is 11.3 Å². The Morgan fingerprint density at radius 3 is 2.53 bits per heavy atom. The van der Waals surface area contributed by atoms with Gasteiger partial charge in [-0.3, -0.25) is 10.1 Å². The normalized spacial score (nSPS) is 27.4. The fourth-order valence-electron chi connectivity index (χ4n) is 11.5. The number of thiazole rings is 1. The highest BCUT2D eigenvalue weighted by molar-refractivity contribution is 7.22. The Kier molecular flexibility index (Phi) is 11.0. The van der Waals surface area contributed by atoms with Gasteiger partial charge in [0.1, 0.15) is 23.2 Å². The summed E-state index contributed by atoms with van der Waals surface area (Å²) in [6.45, 7) is 16.6. The SMILES string of the molecule is CCC1(C)CC2(CCC[NH+](C)C)CC(C)(C)CC(Cn3ncc(C4=CC=C(N5CCC/C(=C(C)/C(N)=N\c6nc7ccccc7s6)C5=N)NC4=C(O)O)c3C)(C1)C2. The average Bonchev–Trinajstić information content (AvgIpc) is 3.71. The fourth-order valence-corrected chi connectivity index (χ4v) is 12.4. The zero-order valence-corrected chi connectivity index (χ0v) is 36.2. The van der Waals surface area contributed by atoms with E-state index in [1.807, 2.05) is 54.4 Å². The Morgan fingerprint density at radius 1 is 1.07 bits per heavy atom. The molecule has 4 aliphatic rings. The number of piperidine rings is 1. The summed E-state index contributed by atoms with van der Waals surface area (Å²) in [6.07, 6.45) is 17.2. The van der Waals surface area contributed by atoms with Crippen LogP contribution in [0.4, 0.5) is 5.13 Å². The van der Waals surface area contributed by atoms with Crippen molar-refractivity contribution in [1.82, 2.24) is 25.0 Å². The summed E-state index contributed by atoms with van der Waals surface area (Å²) in [5.74, 6) is 0.430. The molecule has 2 bridgehead atoms. The molecule has 4 heterocycles. The molecule has 2 aromatic heterocycles. The first-order valence-corrected chi connectivity index (χ1v) is 21.7. The van der Waals surface area contributed by atoms with Crippen LogP contribution in [0.25, 0.3) is 15.8 Å². The molecule has 57 heavy (non-hydrogen) atoms. The molecular formula is C45H64N9O2S+. The zero-order valence-electron chi connectivity index (χ0n) is 35.3. The Labute approximate surface area is 342 Å². The second kappa shape index (κ2) is 15.4. The number of allylic oxidation sites excluding steroid dienone is 3. The summed E-state index contributed by atoms with van der Waals surface area (Å²) < 4.78 is 3.24. The van der Waals surface area contributed by atoms with Crippen LogP contribution in [0.2, 0.25) is 0 Å². The molecule has 0 amide bonds. The number of hydrogen-bond acceptors (Lipinski definition) is 8. The zero-order chi connectivity index (χ0) is 40.9. The maximum Gasteiger partial charge on any atom is 0.299 e. The van der Waals surface area contributed by atoms with Crippen molar-refractivity contribution in [2.75, 3.05) is 27.2 Å². The van der Waals surface area contributed by atoms with E-state index in [1.165, 1.54) is 74.1 Å². The van der Waals surface area contributed by atoms with Crippen LogP contribution in [-0.4, -0.2) is 68.7 Å². The number of benzene rings is 1. The first-order chi connectivity index (χ1) is 26.9. The molecule has 12 heteroatoms. The minimum Gasteiger partial charge on any atom is -0.480 e. The molecule has 1 saturated heterocycles. The quantitative estimate of drug-likeness (QED) is 0.0649. The Balaban J connectivity index is 1.15. The van der Waals surface area contributed by atoms with Crippen LogP contribution in [0.15, 0.2) is 76.2 Å². The minimum absolute atomic E-state index is 0.133. The molecule has 0 radical (unpaired) electrons. The molecule has 2 aliphatic carbocycles. The van der Waals surface area contributed by atoms with Crippen molar-refractivity contribution in [3.05, 3.63) is 82.5 Å². The van der Waals surface area contributed by atoms with E-state index in [0.717, 1.165) is 45.6 Å². The van der Waals surface area contributed by atoms with Crippen molar-refractivity contribution in [3.8, 4) is 0 Å². The maximum absolute atomic E-state index is 10.7. The van der Waals surface area contributed by atoms with Gasteiger partial charge < -0.3 is 31.1 Å². The number of aliphatic hydroxyl groups is 2. The van der Waals surface area contributed by atoms with E-state index in [2.05, 4.69) is 68.7 Å². The van der Waals surface area contributed by atoms with E-state index in [9.17, 15) is 15.6 Å². The van der Waals surface area contributed by atoms with E-state index in [4.69, 9.17) is 10.8 Å². The molecule has 11 nitrogen and oxygen atoms in total. The number of aliphatic imine (C=N–C) groups is 1. The maximum atomic E-state index is 10.7. The fraction of sp³-hybridized carbons (Fsp3) is 0.556. The lowest BCUT2D eigenvalue weighted by Gasteiger charge is -2.63. The highest BCUT2D eigenvalue weighted by Crippen LogP contribution is 2.68. The molecule has 0 spiro atoms. The molecule has 3 unspecified atom stereocenters. The third-order valence-electron chi connectivity index (χ3n) is 13.3. The number of amidine groups is 2. The summed E-state index contributed by atoms with van der Waals surface area (Å²) in [6, 6.07) is 7.90. The molecule has 7 rings (SSSR count). The van der Waals surface area contributed by atoms with Gasteiger partial charge in [0.15, 0.2) is 0 Å². The summed E-state index contributed by atoms with van der Waals surface area (Å²) in [7, 11) is 4.53. The van der Waals surface area contributed by atoms with E-state index < -0.39 is 5.95 Å². The molecule has 306 valence electrons. The predicted molar refractivity (Wildman–Crippen MR) is 233 cm³/mol. The third kappa shape index (κ3) is 8.30. The number of aromatic nitrogens is 3. The van der Waals surface area contributed by atoms with Gasteiger partial charge in [0, 0.05) is 35.5 Å². The summed E-state index contributed by atoms with van der Waals surface area (Å²) in [5.41, 5.74) is 12.7. The van der Waals surface area contributed by atoms with Crippen LogP contribution in [-0.2, 0) is 6.54 Å². The van der Waals surface area contributed by atoms with Crippen LogP contribution in [0, 0.1) is 34.0 Å². The molecule has 2 aliphatic heterocycles. The monoisotopic (exact) mass is 794 g/mol. The highest BCUT2D eigenvalue weighted by atomic mass is 32.1. The minimum atomic E-state index is -0.801. The average molecular weight is 795 g/mol. The molecule has 3 fully saturated rings. The number of rotatable bonds is 11. The molecule has 2 saturated carbocycles. The van der Waals surface area contributed by atoms with Crippen LogP contribution in [0.3, 0.4) is 0 Å². The number of dihydropyridines is 1. The van der Waals surface area contributed by atoms with Gasteiger partial charge in [0.25, 0.3) is 5.95 Å². The number of para-hydroxylation sites is 1. The van der Waals surface area contributed by atoms with Gasteiger partial charge in [-0.1, -0.05) is 57.6 Å². The van der Waals surface area contributed by atoms with Gasteiger partial charge in [-0.2, -0.15) is 5.10 Å². The van der Waals surface area contributed by atoms with E-state index in [0.29, 0.717) is 52.0 Å². The summed E-state index contributed by atoms with van der Waals surface area (Å²) >= 11 is 1.48. The summed E-state index contributed by atoms with van der Waals surface area (Å²) in [4.78, 5) is 12.6. The smallest absolute Gasteiger partial charge is 0.299 e. The number of aliphatic hydroxyl groups excluding tert-OH is 1. The van der Waals surface area contributed by atoms with Crippen molar-refractivity contribution in [3.63, 3.8) is 0 Å². The number of quaternary nitrogens is 1. The van der Waals surface area contributed by atoms with Gasteiger partial charge >= 0.3 is 0 Å². The largest absolute Gasteiger partial charge is 0.480 e. The first kappa shape index (κ1) is 40.8. The lowest BCUT2D eigenvalue weighted by Crippen LogP contribution is -3.05. The lowest BCUT2D eigenvalue weighted by atomic mass is 9.43. The van der Waals surface area contributed by atoms with Crippen molar-refractivity contribution >= 4 is 43.9 Å². The van der Waals surface area contributed by atoms with Gasteiger partial charge in [-0.25, -0.2) is 9.98 Å². The van der Waals surface area contributed by atoms with Crippen molar-refractivity contribution in [2.45, 2.75) is 112 Å². The van der Waals surface area contributed by atoms with Crippen molar-refractivity contribution in [2.24, 2.45) is 32.4 Å². The van der Waals surface area contributed by atoms with Crippen LogP contribution < -0.4 is 16.0 Å². The second-order valence-corrected chi connectivity index (χ2v) is 20.2. The predicted octanol–water partition coefficient (Wildman–Crippen LogP) is 8.31. The number of hydrogen-bond donors (Lipinski definition) is 6. The Bertz CT molecular complexity index is 2170. The van der Waals surface area contributed by atoms with Crippen LogP contribution in [0.1, 0.15) is 110 Å². The topological polar surface area (TPSA) is 153 Å². The second-order valence-electron chi connectivity index (χ2n) is 19.2. The first-order valence-electron chi connectivity index (χ1n) is 20.8. The van der Waals surface area contributed by atoms with Crippen LogP contribution in [0.5, 0.6) is 0 Å². The lowest BCUT2D eigenvalue weighted by molar-refractivity contribution is -0.858. The molecule has 1 aromatic carbocycles. The van der Waals surface area contributed by atoms with Crippen molar-refractivity contribution in [1.29, 1.82) is 5.41 Å². The Morgan fingerprint density at radius 2 is 1.81 bits per heavy atom. The highest BCUT2D eigenvalue weighted by Gasteiger charge is 2.58. The van der Waals surface area contributed by atoms with E-state index in [-0.39, 0.29) is 16.5 Å². The number of nitrogens with zero attached hydrogens (tertiary/aromatic N) is 5. The third-order valence-corrected chi connectivity index (χ3v) is 14.3. The molecular weight excluding hydrogens is 731 g/mol. The number of likely N-dealkylation sites (tertiary alicyclic amines) is 1. The van der Waals surface area contributed by atoms with Gasteiger partial charge in [0.05, 0.1) is 37.1 Å².